The minimum Gasteiger partial charge on any atom is -0.497 e. The van der Waals surface area contributed by atoms with E-state index in [1.165, 1.54) is 25.3 Å². The minimum atomic E-state index is -0.631. The number of amides is 2. The van der Waals surface area contributed by atoms with Gasteiger partial charge in [0.05, 0.1) is 12.0 Å². The predicted octanol–water partition coefficient (Wildman–Crippen LogP) is 3.53. The molecule has 2 aromatic carbocycles. The van der Waals surface area contributed by atoms with E-state index < -0.39 is 10.8 Å². The van der Waals surface area contributed by atoms with Gasteiger partial charge in [-0.3, -0.25) is 19.7 Å². The van der Waals surface area contributed by atoms with E-state index in [0.29, 0.717) is 17.0 Å². The van der Waals surface area contributed by atoms with E-state index in [1.54, 1.807) is 24.3 Å². The van der Waals surface area contributed by atoms with Gasteiger partial charge in [-0.2, -0.15) is 0 Å². The van der Waals surface area contributed by atoms with Crippen molar-refractivity contribution >= 4 is 23.2 Å². The van der Waals surface area contributed by atoms with Gasteiger partial charge in [0.25, 0.3) is 17.5 Å². The molecule has 0 unspecified atom stereocenters. The summed E-state index contributed by atoms with van der Waals surface area (Å²) in [5.41, 5.74) is 0.509. The number of anilines is 1. The fourth-order valence-electron chi connectivity index (χ4n) is 3.23. The van der Waals surface area contributed by atoms with Gasteiger partial charge in [-0.05, 0) is 49.2 Å². The first-order valence-electron chi connectivity index (χ1n) is 9.02. The van der Waals surface area contributed by atoms with Crippen molar-refractivity contribution in [2.75, 3.05) is 12.4 Å². The molecule has 3 rings (SSSR count). The maximum atomic E-state index is 12.5. The summed E-state index contributed by atoms with van der Waals surface area (Å²) in [6.07, 6.45) is 4.26. The van der Waals surface area contributed by atoms with Crippen LogP contribution in [-0.4, -0.2) is 29.9 Å². The molecule has 0 aromatic heterocycles. The highest BCUT2D eigenvalue weighted by Gasteiger charge is 2.22. The Bertz CT molecular complexity index is 889. The van der Waals surface area contributed by atoms with Crippen LogP contribution in [0.3, 0.4) is 0 Å². The zero-order valence-electron chi connectivity index (χ0n) is 15.4. The number of nitro groups is 1. The predicted molar refractivity (Wildman–Crippen MR) is 104 cm³/mol. The average Bonchev–Trinajstić information content (AvgIpc) is 3.20. The molecule has 2 N–H and O–H groups in total. The zero-order valence-corrected chi connectivity index (χ0v) is 15.4. The van der Waals surface area contributed by atoms with Crippen LogP contribution in [0, 0.1) is 10.1 Å². The lowest BCUT2D eigenvalue weighted by molar-refractivity contribution is -0.385. The Morgan fingerprint density at radius 2 is 1.75 bits per heavy atom. The Balaban J connectivity index is 1.71. The second-order valence-corrected chi connectivity index (χ2v) is 6.63. The number of methoxy groups -OCH3 is 1. The number of hydrogen-bond donors (Lipinski definition) is 2. The summed E-state index contributed by atoms with van der Waals surface area (Å²) in [5, 5.41) is 16.8. The Morgan fingerprint density at radius 1 is 1.07 bits per heavy atom. The number of nitrogens with zero attached hydrogens (tertiary/aromatic N) is 1. The summed E-state index contributed by atoms with van der Waals surface area (Å²) >= 11 is 0. The third-order valence-electron chi connectivity index (χ3n) is 4.74. The van der Waals surface area contributed by atoms with Crippen molar-refractivity contribution in [1.82, 2.24) is 5.32 Å². The first-order valence-corrected chi connectivity index (χ1v) is 9.02. The quantitative estimate of drug-likeness (QED) is 0.586. The number of hydrogen-bond acceptors (Lipinski definition) is 5. The second-order valence-electron chi connectivity index (χ2n) is 6.63. The lowest BCUT2D eigenvalue weighted by Gasteiger charge is -2.12. The SMILES string of the molecule is COc1ccc([N+](=O)[O-])c(C(=O)Nc2ccc(C(=O)NC3CCCC3)cc2)c1. The van der Waals surface area contributed by atoms with Crippen molar-refractivity contribution in [3.63, 3.8) is 0 Å². The highest BCUT2D eigenvalue weighted by molar-refractivity contribution is 6.07. The van der Waals surface area contributed by atoms with Crippen LogP contribution in [0.4, 0.5) is 11.4 Å². The monoisotopic (exact) mass is 383 g/mol. The van der Waals surface area contributed by atoms with Crippen LogP contribution in [0.5, 0.6) is 5.75 Å². The Labute approximate surface area is 162 Å². The van der Waals surface area contributed by atoms with E-state index in [9.17, 15) is 19.7 Å². The molecule has 28 heavy (non-hydrogen) atoms. The molecule has 0 atom stereocenters. The van der Waals surface area contributed by atoms with Gasteiger partial charge < -0.3 is 15.4 Å². The number of carbonyl (C=O) groups is 2. The molecule has 0 aliphatic heterocycles. The molecule has 0 saturated heterocycles. The van der Waals surface area contributed by atoms with Crippen molar-refractivity contribution in [3.8, 4) is 5.75 Å². The van der Waals surface area contributed by atoms with Crippen LogP contribution in [0.25, 0.3) is 0 Å². The van der Waals surface area contributed by atoms with E-state index in [4.69, 9.17) is 4.74 Å². The lowest BCUT2D eigenvalue weighted by atomic mass is 10.1. The molecule has 1 aliphatic rings. The van der Waals surface area contributed by atoms with E-state index >= 15 is 0 Å². The molecule has 1 fully saturated rings. The molecular weight excluding hydrogens is 362 g/mol. The summed E-state index contributed by atoms with van der Waals surface area (Å²) in [6.45, 7) is 0. The fraction of sp³-hybridized carbons (Fsp3) is 0.300. The highest BCUT2D eigenvalue weighted by Crippen LogP contribution is 2.25. The molecule has 0 heterocycles. The average molecular weight is 383 g/mol. The molecule has 2 aromatic rings. The summed E-state index contributed by atoms with van der Waals surface area (Å²) in [6, 6.07) is 10.6. The van der Waals surface area contributed by atoms with Crippen molar-refractivity contribution < 1.29 is 19.2 Å². The molecular formula is C20H21N3O5. The van der Waals surface area contributed by atoms with Gasteiger partial charge in [0, 0.05) is 23.4 Å². The normalized spacial score (nSPS) is 13.8. The summed E-state index contributed by atoms with van der Waals surface area (Å²) in [7, 11) is 1.41. The van der Waals surface area contributed by atoms with Crippen molar-refractivity contribution in [1.29, 1.82) is 0 Å². The molecule has 0 spiro atoms. The van der Waals surface area contributed by atoms with E-state index in [1.807, 2.05) is 0 Å². The fourth-order valence-corrected chi connectivity index (χ4v) is 3.23. The second kappa shape index (κ2) is 8.51. The van der Waals surface area contributed by atoms with Crippen LogP contribution in [-0.2, 0) is 0 Å². The van der Waals surface area contributed by atoms with Gasteiger partial charge in [0.15, 0.2) is 0 Å². The largest absolute Gasteiger partial charge is 0.497 e. The Hall–Kier alpha value is -3.42. The Kier molecular flexibility index (Phi) is 5.88. The number of rotatable bonds is 6. The Morgan fingerprint density at radius 3 is 2.36 bits per heavy atom. The van der Waals surface area contributed by atoms with Crippen LogP contribution >= 0.6 is 0 Å². The van der Waals surface area contributed by atoms with Crippen molar-refractivity contribution in [2.24, 2.45) is 0 Å². The standard InChI is InChI=1S/C20H21N3O5/c1-28-16-10-11-18(23(26)27)17(12-16)20(25)22-15-8-6-13(7-9-15)19(24)21-14-4-2-3-5-14/h6-12,14H,2-5H2,1H3,(H,21,24)(H,22,25). The van der Waals surface area contributed by atoms with Gasteiger partial charge in [-0.1, -0.05) is 12.8 Å². The zero-order chi connectivity index (χ0) is 20.1. The molecule has 8 nitrogen and oxygen atoms in total. The first-order chi connectivity index (χ1) is 13.5. The number of nitrogens with one attached hydrogen (secondary N) is 2. The lowest BCUT2D eigenvalue weighted by Crippen LogP contribution is -2.32. The summed E-state index contributed by atoms with van der Waals surface area (Å²) in [4.78, 5) is 35.3. The molecule has 0 radical (unpaired) electrons. The van der Waals surface area contributed by atoms with E-state index in [2.05, 4.69) is 10.6 Å². The van der Waals surface area contributed by atoms with Gasteiger partial charge in [0.2, 0.25) is 0 Å². The maximum Gasteiger partial charge on any atom is 0.282 e. The minimum absolute atomic E-state index is 0.104. The van der Waals surface area contributed by atoms with Crippen molar-refractivity contribution in [2.45, 2.75) is 31.7 Å². The van der Waals surface area contributed by atoms with E-state index in [0.717, 1.165) is 25.7 Å². The molecule has 0 bridgehead atoms. The number of nitro benzene ring substituents is 1. The molecule has 2 amide bonds. The maximum absolute atomic E-state index is 12.5. The number of carbonyl (C=O) groups excluding carboxylic acids is 2. The van der Waals surface area contributed by atoms with E-state index in [-0.39, 0.29) is 23.2 Å². The van der Waals surface area contributed by atoms with Crippen molar-refractivity contribution in [3.05, 3.63) is 63.7 Å². The number of benzene rings is 2. The van der Waals surface area contributed by atoms with Gasteiger partial charge in [-0.15, -0.1) is 0 Å². The third-order valence-corrected chi connectivity index (χ3v) is 4.74. The third kappa shape index (κ3) is 4.46. The first kappa shape index (κ1) is 19.3. The van der Waals surface area contributed by atoms with Gasteiger partial charge in [-0.25, -0.2) is 0 Å². The molecule has 146 valence electrons. The smallest absolute Gasteiger partial charge is 0.282 e. The molecule has 1 aliphatic carbocycles. The van der Waals surface area contributed by atoms with Gasteiger partial charge in [0.1, 0.15) is 11.3 Å². The highest BCUT2D eigenvalue weighted by atomic mass is 16.6. The topological polar surface area (TPSA) is 111 Å². The van der Waals surface area contributed by atoms with Crippen LogP contribution in [0.2, 0.25) is 0 Å². The molecule has 8 heteroatoms. The summed E-state index contributed by atoms with van der Waals surface area (Å²) in [5.74, 6) is -0.434. The van der Waals surface area contributed by atoms with Crippen LogP contribution in [0.1, 0.15) is 46.4 Å². The van der Waals surface area contributed by atoms with Crippen LogP contribution in [0.15, 0.2) is 42.5 Å². The van der Waals surface area contributed by atoms with Gasteiger partial charge >= 0.3 is 0 Å². The summed E-state index contributed by atoms with van der Waals surface area (Å²) < 4.78 is 5.04. The molecule has 1 saturated carbocycles. The van der Waals surface area contributed by atoms with Crippen LogP contribution < -0.4 is 15.4 Å². The number of ether oxygens (including phenoxy) is 1.